The standard InChI is InChI=1S/C8H8Cl3N3O2/c1-4(2)3-14-6(8(9,10)11)5(7(15)16)12-13-14/h1,3H2,2H3,(H,15,16). The van der Waals surface area contributed by atoms with Crippen molar-refractivity contribution in [2.45, 2.75) is 17.3 Å². The van der Waals surface area contributed by atoms with Gasteiger partial charge < -0.3 is 5.11 Å². The maximum atomic E-state index is 10.9. The lowest BCUT2D eigenvalue weighted by Crippen LogP contribution is -2.16. The average Bonchev–Trinajstić information content (AvgIpc) is 2.45. The van der Waals surface area contributed by atoms with Gasteiger partial charge in [0.1, 0.15) is 5.69 Å². The van der Waals surface area contributed by atoms with Gasteiger partial charge in [-0.05, 0) is 6.92 Å². The van der Waals surface area contributed by atoms with Crippen LogP contribution in [0.4, 0.5) is 0 Å². The van der Waals surface area contributed by atoms with Crippen LogP contribution in [0.1, 0.15) is 23.1 Å². The van der Waals surface area contributed by atoms with Crippen LogP contribution in [0.2, 0.25) is 0 Å². The lowest BCUT2D eigenvalue weighted by Gasteiger charge is -2.13. The van der Waals surface area contributed by atoms with Crippen LogP contribution in [-0.4, -0.2) is 26.1 Å². The number of rotatable bonds is 3. The molecule has 88 valence electrons. The van der Waals surface area contributed by atoms with Crippen molar-refractivity contribution >= 4 is 40.8 Å². The molecule has 0 spiro atoms. The molecule has 1 N–H and O–H groups in total. The number of hydrogen-bond acceptors (Lipinski definition) is 3. The molecule has 0 aliphatic rings. The Bertz CT molecular complexity index is 436. The van der Waals surface area contributed by atoms with E-state index in [2.05, 4.69) is 16.9 Å². The minimum Gasteiger partial charge on any atom is -0.476 e. The summed E-state index contributed by atoms with van der Waals surface area (Å²) in [7, 11) is 0. The van der Waals surface area contributed by atoms with E-state index < -0.39 is 9.76 Å². The molecule has 1 heterocycles. The molecule has 0 unspecified atom stereocenters. The normalized spacial score (nSPS) is 11.5. The second kappa shape index (κ2) is 4.61. The maximum Gasteiger partial charge on any atom is 0.358 e. The fourth-order valence-electron chi connectivity index (χ4n) is 1.10. The lowest BCUT2D eigenvalue weighted by molar-refractivity contribution is 0.0689. The molecule has 16 heavy (non-hydrogen) atoms. The number of alkyl halides is 3. The van der Waals surface area contributed by atoms with E-state index in [-0.39, 0.29) is 17.9 Å². The van der Waals surface area contributed by atoms with E-state index >= 15 is 0 Å². The predicted octanol–water partition coefficient (Wildman–Crippen LogP) is 2.38. The summed E-state index contributed by atoms with van der Waals surface area (Å²) < 4.78 is -0.689. The Morgan fingerprint density at radius 1 is 1.56 bits per heavy atom. The number of carboxylic acids is 1. The molecule has 0 saturated heterocycles. The Morgan fingerprint density at radius 2 is 2.12 bits per heavy atom. The van der Waals surface area contributed by atoms with Gasteiger partial charge in [-0.25, -0.2) is 9.48 Å². The Kier molecular flexibility index (Phi) is 3.83. The third kappa shape index (κ3) is 2.87. The van der Waals surface area contributed by atoms with Gasteiger partial charge in [-0.3, -0.25) is 0 Å². The number of aromatic nitrogens is 3. The fourth-order valence-corrected chi connectivity index (χ4v) is 1.67. The summed E-state index contributed by atoms with van der Waals surface area (Å²) >= 11 is 17.0. The minimum atomic E-state index is -1.90. The summed E-state index contributed by atoms with van der Waals surface area (Å²) in [4.78, 5) is 10.9. The highest BCUT2D eigenvalue weighted by Crippen LogP contribution is 2.39. The third-order valence-electron chi connectivity index (χ3n) is 1.63. The van der Waals surface area contributed by atoms with E-state index in [0.717, 1.165) is 5.57 Å². The van der Waals surface area contributed by atoms with Gasteiger partial charge in [0, 0.05) is 0 Å². The second-order valence-corrected chi connectivity index (χ2v) is 5.49. The van der Waals surface area contributed by atoms with Gasteiger partial charge in [-0.15, -0.1) is 5.10 Å². The van der Waals surface area contributed by atoms with Crippen molar-refractivity contribution in [2.24, 2.45) is 0 Å². The SMILES string of the molecule is C=C(C)Cn1nnc(C(=O)O)c1C(Cl)(Cl)Cl. The summed E-state index contributed by atoms with van der Waals surface area (Å²) in [5.41, 5.74) is 0.284. The highest BCUT2D eigenvalue weighted by Gasteiger charge is 2.35. The van der Waals surface area contributed by atoms with Crippen molar-refractivity contribution in [3.8, 4) is 0 Å². The highest BCUT2D eigenvalue weighted by molar-refractivity contribution is 6.66. The van der Waals surface area contributed by atoms with E-state index in [1.165, 1.54) is 4.68 Å². The first-order chi connectivity index (χ1) is 7.23. The Labute approximate surface area is 107 Å². The maximum absolute atomic E-state index is 10.9. The quantitative estimate of drug-likeness (QED) is 0.683. The molecule has 1 rings (SSSR count). The number of aromatic carboxylic acids is 1. The zero-order valence-electron chi connectivity index (χ0n) is 8.25. The molecule has 0 aliphatic carbocycles. The molecular formula is C8H8Cl3N3O2. The number of nitrogens with zero attached hydrogens (tertiary/aromatic N) is 3. The summed E-state index contributed by atoms with van der Waals surface area (Å²) in [5, 5.41) is 15.9. The Balaban J connectivity index is 3.31. The summed E-state index contributed by atoms with van der Waals surface area (Å²) in [6, 6.07) is 0. The van der Waals surface area contributed by atoms with Crippen LogP contribution >= 0.6 is 34.8 Å². The molecule has 0 bridgehead atoms. The van der Waals surface area contributed by atoms with Crippen molar-refractivity contribution in [2.75, 3.05) is 0 Å². The molecule has 8 heteroatoms. The van der Waals surface area contributed by atoms with Crippen molar-refractivity contribution in [3.63, 3.8) is 0 Å². The van der Waals surface area contributed by atoms with E-state index in [4.69, 9.17) is 39.9 Å². The van der Waals surface area contributed by atoms with Gasteiger partial charge in [-0.2, -0.15) is 0 Å². The average molecular weight is 285 g/mol. The number of allylic oxidation sites excluding steroid dienone is 1. The van der Waals surface area contributed by atoms with Gasteiger partial charge in [-0.1, -0.05) is 52.2 Å². The molecule has 1 aromatic heterocycles. The molecule has 0 atom stereocenters. The van der Waals surface area contributed by atoms with Crippen molar-refractivity contribution in [1.29, 1.82) is 0 Å². The molecule has 0 aliphatic heterocycles. The Morgan fingerprint density at radius 3 is 2.50 bits per heavy atom. The smallest absolute Gasteiger partial charge is 0.358 e. The first-order valence-corrected chi connectivity index (χ1v) is 5.25. The van der Waals surface area contributed by atoms with Crippen molar-refractivity contribution in [1.82, 2.24) is 15.0 Å². The lowest BCUT2D eigenvalue weighted by atomic mass is 10.3. The van der Waals surface area contributed by atoms with Crippen molar-refractivity contribution < 1.29 is 9.90 Å². The molecule has 0 radical (unpaired) electrons. The number of carboxylic acid groups (broad SMARTS) is 1. The monoisotopic (exact) mass is 283 g/mol. The fraction of sp³-hybridized carbons (Fsp3) is 0.375. The zero-order valence-corrected chi connectivity index (χ0v) is 10.5. The van der Waals surface area contributed by atoms with Crippen LogP contribution in [-0.2, 0) is 10.3 Å². The van der Waals surface area contributed by atoms with E-state index in [1.54, 1.807) is 6.92 Å². The van der Waals surface area contributed by atoms with Crippen LogP contribution in [0, 0.1) is 0 Å². The van der Waals surface area contributed by atoms with E-state index in [0.29, 0.717) is 0 Å². The minimum absolute atomic E-state index is 0.0759. The molecule has 0 fully saturated rings. The molecule has 1 aromatic rings. The third-order valence-corrected chi connectivity index (χ3v) is 2.16. The van der Waals surface area contributed by atoms with Gasteiger partial charge in [0.05, 0.1) is 6.54 Å². The number of halogens is 3. The summed E-state index contributed by atoms with van der Waals surface area (Å²) in [5.74, 6) is -1.30. The molecule has 0 amide bonds. The largest absolute Gasteiger partial charge is 0.476 e. The van der Waals surface area contributed by atoms with Gasteiger partial charge in [0.25, 0.3) is 0 Å². The number of carbonyl (C=O) groups is 1. The second-order valence-electron chi connectivity index (χ2n) is 3.20. The number of hydrogen-bond donors (Lipinski definition) is 1. The summed E-state index contributed by atoms with van der Waals surface area (Å²) in [6.07, 6.45) is 0. The zero-order chi connectivity index (χ0) is 12.5. The first-order valence-electron chi connectivity index (χ1n) is 4.12. The van der Waals surface area contributed by atoms with Gasteiger partial charge in [0.15, 0.2) is 5.69 Å². The summed E-state index contributed by atoms with van der Waals surface area (Å²) in [6.45, 7) is 5.64. The molecule has 5 nitrogen and oxygen atoms in total. The van der Waals surface area contributed by atoms with Crippen LogP contribution in [0.15, 0.2) is 12.2 Å². The van der Waals surface area contributed by atoms with E-state index in [1.807, 2.05) is 0 Å². The van der Waals surface area contributed by atoms with Crippen LogP contribution in [0.5, 0.6) is 0 Å². The predicted molar refractivity (Wildman–Crippen MR) is 61.0 cm³/mol. The molecule has 0 saturated carbocycles. The van der Waals surface area contributed by atoms with Crippen LogP contribution in [0.3, 0.4) is 0 Å². The Hall–Kier alpha value is -0.780. The molecular weight excluding hydrogens is 276 g/mol. The van der Waals surface area contributed by atoms with Crippen molar-refractivity contribution in [3.05, 3.63) is 23.5 Å². The highest BCUT2D eigenvalue weighted by atomic mass is 35.6. The van der Waals surface area contributed by atoms with E-state index in [9.17, 15) is 4.79 Å². The van der Waals surface area contributed by atoms with Gasteiger partial charge >= 0.3 is 5.97 Å². The van der Waals surface area contributed by atoms with Crippen LogP contribution < -0.4 is 0 Å². The first kappa shape index (κ1) is 13.3. The van der Waals surface area contributed by atoms with Crippen LogP contribution in [0.25, 0.3) is 0 Å². The molecule has 0 aromatic carbocycles. The topological polar surface area (TPSA) is 68.0 Å². The van der Waals surface area contributed by atoms with Gasteiger partial charge in [0.2, 0.25) is 3.79 Å².